The highest BCUT2D eigenvalue weighted by atomic mass is 32.2. The summed E-state index contributed by atoms with van der Waals surface area (Å²) >= 11 is 0.914. The van der Waals surface area contributed by atoms with Crippen molar-refractivity contribution >= 4 is 35.0 Å². The minimum absolute atomic E-state index is 0.262. The summed E-state index contributed by atoms with van der Waals surface area (Å²) in [5, 5.41) is 5.98. The van der Waals surface area contributed by atoms with Gasteiger partial charge in [-0.3, -0.25) is 19.8 Å². The number of carbonyl (C=O) groups is 2. The molecule has 2 aliphatic rings. The fourth-order valence-electron chi connectivity index (χ4n) is 3.81. The van der Waals surface area contributed by atoms with Gasteiger partial charge in [0.1, 0.15) is 12.4 Å². The fourth-order valence-corrected chi connectivity index (χ4v) is 4.49. The molecule has 0 spiro atoms. The highest BCUT2D eigenvalue weighted by Crippen LogP contribution is 2.26. The number of benzene rings is 1. The van der Waals surface area contributed by atoms with Crippen LogP contribution in [0, 0.1) is 0 Å². The van der Waals surface area contributed by atoms with E-state index in [1.165, 1.54) is 0 Å². The number of piperidine rings is 1. The molecule has 2 amide bonds. The second-order valence-electron chi connectivity index (χ2n) is 8.56. The average molecular weight is 472 g/mol. The Hall–Kier alpha value is -2.85. The number of anilines is 1. The number of aromatic nitrogens is 2. The second-order valence-corrected chi connectivity index (χ2v) is 9.57. The Labute approximate surface area is 197 Å². The lowest BCUT2D eigenvalue weighted by Gasteiger charge is -2.35. The lowest BCUT2D eigenvalue weighted by molar-refractivity contribution is -0.115. The third-order valence-corrected chi connectivity index (χ3v) is 6.65. The lowest BCUT2D eigenvalue weighted by Crippen LogP contribution is -2.44. The molecule has 0 radical (unpaired) electrons. The van der Waals surface area contributed by atoms with Crippen LogP contribution in [0.15, 0.2) is 33.7 Å². The van der Waals surface area contributed by atoms with Crippen molar-refractivity contribution in [1.29, 1.82) is 0 Å². The van der Waals surface area contributed by atoms with Gasteiger partial charge in [-0.25, -0.2) is 0 Å². The Kier molecular flexibility index (Phi) is 7.34. The number of imide groups is 1. The van der Waals surface area contributed by atoms with Crippen LogP contribution in [0.5, 0.6) is 5.75 Å². The zero-order valence-corrected chi connectivity index (χ0v) is 19.9. The summed E-state index contributed by atoms with van der Waals surface area (Å²) < 4.78 is 11.3. The summed E-state index contributed by atoms with van der Waals surface area (Å²) in [5.41, 5.74) is 0.848. The smallest absolute Gasteiger partial charge is 0.324 e. The highest BCUT2D eigenvalue weighted by molar-refractivity contribution is 8.18. The molecular weight excluding hydrogens is 442 g/mol. The largest absolute Gasteiger partial charge is 0.492 e. The van der Waals surface area contributed by atoms with Crippen LogP contribution in [0.3, 0.4) is 0 Å². The number of thioether (sulfide) groups is 1. The highest BCUT2D eigenvalue weighted by Gasteiger charge is 2.26. The van der Waals surface area contributed by atoms with Crippen LogP contribution >= 0.6 is 11.8 Å². The van der Waals surface area contributed by atoms with Crippen molar-refractivity contribution in [2.75, 3.05) is 38.2 Å². The molecular formula is C23H29N5O4S. The molecule has 0 bridgehead atoms. The predicted octanol–water partition coefficient (Wildman–Crippen LogP) is 3.50. The number of hydrogen-bond acceptors (Lipinski definition) is 9. The fraction of sp³-hybridized carbons (Fsp3) is 0.478. The molecule has 1 aromatic heterocycles. The number of hydrogen-bond donors (Lipinski definition) is 1. The van der Waals surface area contributed by atoms with E-state index in [0.717, 1.165) is 61.4 Å². The maximum Gasteiger partial charge on any atom is 0.324 e. The van der Waals surface area contributed by atoms with Crippen LogP contribution in [0.4, 0.5) is 10.8 Å². The van der Waals surface area contributed by atoms with Crippen LogP contribution in [-0.2, 0) is 4.79 Å². The molecule has 4 rings (SSSR count). The van der Waals surface area contributed by atoms with Crippen molar-refractivity contribution in [2.24, 2.45) is 0 Å². The number of nitrogens with zero attached hydrogens (tertiary/aromatic N) is 4. The van der Waals surface area contributed by atoms with Gasteiger partial charge in [0.2, 0.25) is 0 Å². The van der Waals surface area contributed by atoms with Crippen LogP contribution in [0.25, 0.3) is 6.08 Å². The first kappa shape index (κ1) is 23.3. The molecule has 0 atom stereocenters. The van der Waals surface area contributed by atoms with Crippen molar-refractivity contribution in [3.8, 4) is 5.75 Å². The van der Waals surface area contributed by atoms with Gasteiger partial charge in [-0.15, -0.1) is 0 Å². The van der Waals surface area contributed by atoms with Gasteiger partial charge in [0.25, 0.3) is 11.1 Å². The third kappa shape index (κ3) is 5.94. The molecule has 176 valence electrons. The Morgan fingerprint density at radius 2 is 2.00 bits per heavy atom. The van der Waals surface area contributed by atoms with Crippen molar-refractivity contribution in [2.45, 2.75) is 38.6 Å². The number of nitrogens with one attached hydrogen (secondary N) is 1. The zero-order valence-electron chi connectivity index (χ0n) is 19.1. The molecule has 1 aromatic carbocycles. The van der Waals surface area contributed by atoms with E-state index in [1.54, 1.807) is 6.08 Å². The van der Waals surface area contributed by atoms with Gasteiger partial charge in [0.05, 0.1) is 4.91 Å². The SMILES string of the molecule is CC(C)c1noc(N2CCC(N(C)CCOc3ccc(/C=C4/SC(=O)NC4=O)cc3)CC2)n1. The quantitative estimate of drug-likeness (QED) is 0.580. The van der Waals surface area contributed by atoms with E-state index in [2.05, 4.69) is 46.2 Å². The van der Waals surface area contributed by atoms with Gasteiger partial charge in [-0.05, 0) is 55.4 Å². The summed E-state index contributed by atoms with van der Waals surface area (Å²) in [6.45, 7) is 7.33. The maximum absolute atomic E-state index is 11.6. The minimum Gasteiger partial charge on any atom is -0.492 e. The molecule has 0 unspecified atom stereocenters. The summed E-state index contributed by atoms with van der Waals surface area (Å²) in [4.78, 5) is 32.3. The predicted molar refractivity (Wildman–Crippen MR) is 127 cm³/mol. The molecule has 33 heavy (non-hydrogen) atoms. The Morgan fingerprint density at radius 3 is 2.61 bits per heavy atom. The van der Waals surface area contributed by atoms with Gasteiger partial charge in [-0.2, -0.15) is 4.98 Å². The number of carbonyl (C=O) groups excluding carboxylic acids is 2. The molecule has 9 nitrogen and oxygen atoms in total. The molecule has 0 aliphatic carbocycles. The molecule has 2 saturated heterocycles. The average Bonchev–Trinajstić information content (AvgIpc) is 3.42. The first-order valence-electron chi connectivity index (χ1n) is 11.2. The lowest BCUT2D eigenvalue weighted by atomic mass is 10.0. The van der Waals surface area contributed by atoms with Gasteiger partial charge < -0.3 is 14.2 Å². The first-order chi connectivity index (χ1) is 15.9. The molecule has 2 aromatic rings. The maximum atomic E-state index is 11.6. The van der Waals surface area contributed by atoms with Crippen LogP contribution in [0.2, 0.25) is 0 Å². The number of rotatable bonds is 8. The summed E-state index contributed by atoms with van der Waals surface area (Å²) in [6.07, 6.45) is 3.77. The van der Waals surface area contributed by atoms with Crippen molar-refractivity contribution in [3.05, 3.63) is 40.6 Å². The van der Waals surface area contributed by atoms with E-state index in [9.17, 15) is 9.59 Å². The van der Waals surface area contributed by atoms with Crippen molar-refractivity contribution in [3.63, 3.8) is 0 Å². The van der Waals surface area contributed by atoms with Crippen molar-refractivity contribution < 1.29 is 18.8 Å². The number of amides is 2. The summed E-state index contributed by atoms with van der Waals surface area (Å²) in [6, 6.07) is 8.62. The Morgan fingerprint density at radius 1 is 1.27 bits per heavy atom. The van der Waals surface area contributed by atoms with Crippen LogP contribution < -0.4 is 15.0 Å². The van der Waals surface area contributed by atoms with E-state index in [0.29, 0.717) is 23.6 Å². The van der Waals surface area contributed by atoms with Gasteiger partial charge >= 0.3 is 6.01 Å². The number of likely N-dealkylation sites (N-methyl/N-ethyl adjacent to an activating group) is 1. The Bertz CT molecular complexity index is 1010. The van der Waals surface area contributed by atoms with Gasteiger partial charge in [0, 0.05) is 31.6 Å². The first-order valence-corrected chi connectivity index (χ1v) is 12.0. The zero-order chi connectivity index (χ0) is 23.4. The monoisotopic (exact) mass is 471 g/mol. The van der Waals surface area contributed by atoms with E-state index in [-0.39, 0.29) is 17.1 Å². The minimum atomic E-state index is -0.350. The molecule has 10 heteroatoms. The molecule has 2 fully saturated rings. The number of ether oxygens (including phenoxy) is 1. The molecule has 2 aliphatic heterocycles. The third-order valence-electron chi connectivity index (χ3n) is 5.84. The van der Waals surface area contributed by atoms with E-state index in [4.69, 9.17) is 9.26 Å². The van der Waals surface area contributed by atoms with Crippen molar-refractivity contribution in [1.82, 2.24) is 20.4 Å². The topological polar surface area (TPSA) is 101 Å². The molecule has 0 saturated carbocycles. The summed E-state index contributed by atoms with van der Waals surface area (Å²) in [7, 11) is 2.13. The standard InChI is InChI=1S/C23H29N5O4S/c1-15(2)20-24-22(32-26-20)28-10-8-17(9-11-28)27(3)12-13-31-18-6-4-16(5-7-18)14-19-21(29)25-23(30)33-19/h4-7,14-15,17H,8-13H2,1-3H3,(H,25,29,30)/b19-14+. The van der Waals surface area contributed by atoms with Gasteiger partial charge in [-0.1, -0.05) is 31.1 Å². The van der Waals surface area contributed by atoms with E-state index < -0.39 is 0 Å². The molecule has 1 N–H and O–H groups in total. The van der Waals surface area contributed by atoms with Crippen LogP contribution in [0.1, 0.15) is 44.0 Å². The van der Waals surface area contributed by atoms with E-state index >= 15 is 0 Å². The van der Waals surface area contributed by atoms with Gasteiger partial charge in [0.15, 0.2) is 5.82 Å². The summed E-state index contributed by atoms with van der Waals surface area (Å²) in [5.74, 6) is 1.44. The normalized spacial score (nSPS) is 18.6. The second kappa shape index (κ2) is 10.4. The van der Waals surface area contributed by atoms with Crippen LogP contribution in [-0.4, -0.2) is 65.5 Å². The van der Waals surface area contributed by atoms with E-state index in [1.807, 2.05) is 24.3 Å². The molecule has 3 heterocycles. The Balaban J connectivity index is 1.20.